The summed E-state index contributed by atoms with van der Waals surface area (Å²) in [5.41, 5.74) is 7.30. The summed E-state index contributed by atoms with van der Waals surface area (Å²) in [5.74, 6) is 1.06. The molecule has 0 bridgehead atoms. The molecule has 1 aromatic carbocycles. The number of ether oxygens (including phenoxy) is 2. The van der Waals surface area contributed by atoms with E-state index in [0.717, 1.165) is 30.8 Å². The topological polar surface area (TPSA) is 119 Å². The molecule has 3 rings (SSSR count). The van der Waals surface area contributed by atoms with Gasteiger partial charge in [0.2, 0.25) is 5.91 Å². The Morgan fingerprint density at radius 2 is 2.03 bits per heavy atom. The highest BCUT2D eigenvalue weighted by atomic mass is 16.5. The predicted octanol–water partition coefficient (Wildman–Crippen LogP) is 2.23. The number of piperidine rings is 1. The number of primary amides is 1. The van der Waals surface area contributed by atoms with E-state index in [2.05, 4.69) is 15.6 Å². The number of nitrogens with one attached hydrogen (secondary N) is 2. The minimum Gasteiger partial charge on any atom is -0.497 e. The van der Waals surface area contributed by atoms with E-state index in [4.69, 9.17) is 15.2 Å². The Kier molecular flexibility index (Phi) is 7.66. The van der Waals surface area contributed by atoms with Crippen molar-refractivity contribution in [1.82, 2.24) is 9.88 Å². The molecule has 1 aromatic heterocycles. The molecular formula is C22H29N5O4. The molecule has 9 nitrogen and oxygen atoms in total. The minimum atomic E-state index is -0.549. The quantitative estimate of drug-likeness (QED) is 0.561. The van der Waals surface area contributed by atoms with Crippen LogP contribution in [0.4, 0.5) is 17.2 Å². The van der Waals surface area contributed by atoms with Gasteiger partial charge in [-0.2, -0.15) is 0 Å². The van der Waals surface area contributed by atoms with Gasteiger partial charge < -0.3 is 30.7 Å². The fraction of sp³-hybridized carbons (Fsp3) is 0.409. The molecule has 1 atom stereocenters. The van der Waals surface area contributed by atoms with Gasteiger partial charge in [-0.05, 0) is 43.0 Å². The van der Waals surface area contributed by atoms with Crippen LogP contribution < -0.4 is 21.1 Å². The first-order valence-electron chi connectivity index (χ1n) is 10.2. The molecular weight excluding hydrogens is 398 g/mol. The van der Waals surface area contributed by atoms with Gasteiger partial charge in [0.25, 0.3) is 5.91 Å². The molecule has 1 saturated heterocycles. The van der Waals surface area contributed by atoms with E-state index in [0.29, 0.717) is 30.2 Å². The largest absolute Gasteiger partial charge is 0.497 e. The average Bonchev–Trinajstić information content (AvgIpc) is 2.78. The summed E-state index contributed by atoms with van der Waals surface area (Å²) in [7, 11) is 3.14. The normalized spacial score (nSPS) is 15.9. The van der Waals surface area contributed by atoms with Gasteiger partial charge in [0.15, 0.2) is 0 Å². The zero-order valence-electron chi connectivity index (χ0n) is 17.9. The van der Waals surface area contributed by atoms with Gasteiger partial charge in [0.05, 0.1) is 18.4 Å². The number of carbonyl (C=O) groups excluding carboxylic acids is 2. The Balaban J connectivity index is 1.68. The number of hydrogen-bond donors (Lipinski definition) is 3. The molecule has 0 unspecified atom stereocenters. The monoisotopic (exact) mass is 427 g/mol. The summed E-state index contributed by atoms with van der Waals surface area (Å²) in [6.45, 7) is 2.11. The van der Waals surface area contributed by atoms with Gasteiger partial charge in [-0.15, -0.1) is 0 Å². The second-order valence-corrected chi connectivity index (χ2v) is 7.49. The third-order valence-electron chi connectivity index (χ3n) is 5.25. The maximum atomic E-state index is 12.1. The molecule has 9 heteroatoms. The van der Waals surface area contributed by atoms with Crippen molar-refractivity contribution in [2.45, 2.75) is 12.8 Å². The first-order valence-corrected chi connectivity index (χ1v) is 10.2. The van der Waals surface area contributed by atoms with Crippen LogP contribution in [0.1, 0.15) is 23.2 Å². The summed E-state index contributed by atoms with van der Waals surface area (Å²) in [4.78, 5) is 30.1. The van der Waals surface area contributed by atoms with Crippen LogP contribution in [0.2, 0.25) is 0 Å². The summed E-state index contributed by atoms with van der Waals surface area (Å²) < 4.78 is 10.1. The molecule has 0 radical (unpaired) electrons. The van der Waals surface area contributed by atoms with Crippen LogP contribution in [0.15, 0.2) is 36.5 Å². The third-order valence-corrected chi connectivity index (χ3v) is 5.25. The zero-order chi connectivity index (χ0) is 22.2. The highest BCUT2D eigenvalue weighted by Crippen LogP contribution is 2.24. The lowest BCUT2D eigenvalue weighted by Gasteiger charge is -2.33. The Morgan fingerprint density at radius 3 is 2.71 bits per heavy atom. The van der Waals surface area contributed by atoms with Crippen LogP contribution in [0.3, 0.4) is 0 Å². The average molecular weight is 428 g/mol. The van der Waals surface area contributed by atoms with Gasteiger partial charge in [0, 0.05) is 44.7 Å². The fourth-order valence-corrected chi connectivity index (χ4v) is 3.62. The zero-order valence-corrected chi connectivity index (χ0v) is 17.9. The van der Waals surface area contributed by atoms with E-state index >= 15 is 0 Å². The van der Waals surface area contributed by atoms with E-state index in [9.17, 15) is 9.59 Å². The lowest BCUT2D eigenvalue weighted by molar-refractivity contribution is -0.136. The fourth-order valence-electron chi connectivity index (χ4n) is 3.62. The maximum Gasteiger partial charge on any atom is 0.252 e. The van der Waals surface area contributed by atoms with E-state index in [-0.39, 0.29) is 18.4 Å². The van der Waals surface area contributed by atoms with Crippen molar-refractivity contribution in [3.05, 3.63) is 42.1 Å². The molecule has 31 heavy (non-hydrogen) atoms. The second-order valence-electron chi connectivity index (χ2n) is 7.49. The maximum absolute atomic E-state index is 12.1. The number of nitrogens with two attached hydrogens (primary N) is 1. The lowest BCUT2D eigenvalue weighted by atomic mass is 9.97. The van der Waals surface area contributed by atoms with Crippen LogP contribution in [0.5, 0.6) is 5.75 Å². The lowest BCUT2D eigenvalue weighted by Crippen LogP contribution is -2.43. The number of nitrogens with zero attached hydrogens (tertiary/aromatic N) is 2. The SMILES string of the molecule is COCC(=O)N1CCC[C@H](CNc2cc(Nc3ccc(OC)cc3)ncc2C(N)=O)C1. The molecule has 0 saturated carbocycles. The van der Waals surface area contributed by atoms with Gasteiger partial charge in [-0.1, -0.05) is 0 Å². The number of hydrogen-bond acceptors (Lipinski definition) is 7. The number of amides is 2. The van der Waals surface area contributed by atoms with Gasteiger partial charge in [-0.3, -0.25) is 9.59 Å². The van der Waals surface area contributed by atoms with Crippen molar-refractivity contribution in [2.24, 2.45) is 11.7 Å². The van der Waals surface area contributed by atoms with Gasteiger partial charge in [0.1, 0.15) is 18.2 Å². The van der Waals surface area contributed by atoms with E-state index in [1.54, 1.807) is 13.2 Å². The number of likely N-dealkylation sites (tertiary alicyclic amines) is 1. The summed E-state index contributed by atoms with van der Waals surface area (Å²) in [5, 5.41) is 6.54. The summed E-state index contributed by atoms with van der Waals surface area (Å²) >= 11 is 0. The van der Waals surface area contributed by atoms with E-state index in [1.165, 1.54) is 13.3 Å². The second kappa shape index (κ2) is 10.6. The summed E-state index contributed by atoms with van der Waals surface area (Å²) in [6.07, 6.45) is 3.40. The van der Waals surface area contributed by atoms with Crippen molar-refractivity contribution in [3.8, 4) is 5.75 Å². The number of rotatable bonds is 9. The molecule has 1 fully saturated rings. The summed E-state index contributed by atoms with van der Waals surface area (Å²) in [6, 6.07) is 9.21. The van der Waals surface area contributed by atoms with Crippen molar-refractivity contribution < 1.29 is 19.1 Å². The Hall–Kier alpha value is -3.33. The standard InChI is InChI=1S/C22H29N5O4/c1-30-14-21(28)27-9-3-4-15(13-27)11-24-19-10-20(25-12-18(19)22(23)29)26-16-5-7-17(31-2)8-6-16/h5-8,10,12,15H,3-4,9,11,13-14H2,1-2H3,(H2,23,29)(H2,24,25,26)/t15-/m1/s1. The molecule has 1 aliphatic rings. The number of anilines is 3. The molecule has 2 amide bonds. The smallest absolute Gasteiger partial charge is 0.252 e. The highest BCUT2D eigenvalue weighted by Gasteiger charge is 2.23. The predicted molar refractivity (Wildman–Crippen MR) is 119 cm³/mol. The number of methoxy groups -OCH3 is 2. The van der Waals surface area contributed by atoms with Crippen LogP contribution >= 0.6 is 0 Å². The molecule has 2 aromatic rings. The number of benzene rings is 1. The first-order chi connectivity index (χ1) is 15.0. The van der Waals surface area contributed by atoms with Crippen LogP contribution in [0, 0.1) is 5.92 Å². The number of carbonyl (C=O) groups is 2. The van der Waals surface area contributed by atoms with Crippen molar-refractivity contribution in [3.63, 3.8) is 0 Å². The Labute approximate surface area is 181 Å². The van der Waals surface area contributed by atoms with Crippen molar-refractivity contribution in [2.75, 3.05) is 51.1 Å². The van der Waals surface area contributed by atoms with Crippen LogP contribution in [-0.2, 0) is 9.53 Å². The molecule has 0 spiro atoms. The number of pyridine rings is 1. The van der Waals surface area contributed by atoms with Crippen molar-refractivity contribution >= 4 is 29.0 Å². The first kappa shape index (κ1) is 22.4. The highest BCUT2D eigenvalue weighted by molar-refractivity contribution is 5.98. The van der Waals surface area contributed by atoms with Crippen LogP contribution in [0.25, 0.3) is 0 Å². The Bertz CT molecular complexity index is 903. The van der Waals surface area contributed by atoms with E-state index in [1.807, 2.05) is 29.2 Å². The Morgan fingerprint density at radius 1 is 1.26 bits per heavy atom. The molecule has 1 aliphatic heterocycles. The minimum absolute atomic E-state index is 0.0000797. The van der Waals surface area contributed by atoms with E-state index < -0.39 is 5.91 Å². The number of aromatic nitrogens is 1. The molecule has 0 aliphatic carbocycles. The van der Waals surface area contributed by atoms with Crippen LogP contribution in [-0.4, -0.2) is 62.2 Å². The molecule has 166 valence electrons. The van der Waals surface area contributed by atoms with Crippen molar-refractivity contribution in [1.29, 1.82) is 0 Å². The third kappa shape index (κ3) is 6.08. The molecule has 4 N–H and O–H groups in total. The van der Waals surface area contributed by atoms with Gasteiger partial charge in [-0.25, -0.2) is 4.98 Å². The van der Waals surface area contributed by atoms with Gasteiger partial charge >= 0.3 is 0 Å². The molecule has 2 heterocycles.